The number of nitrogens with two attached hydrogens (primary N) is 1. The zero-order valence-corrected chi connectivity index (χ0v) is 11.6. The fourth-order valence-corrected chi connectivity index (χ4v) is 2.34. The number of hydrogen-bond acceptors (Lipinski definition) is 5. The third-order valence-electron chi connectivity index (χ3n) is 2.10. The maximum Gasteiger partial charge on any atom is 0.140 e. The second-order valence-corrected chi connectivity index (χ2v) is 5.11. The molecule has 2 N–H and O–H groups in total. The van der Waals surface area contributed by atoms with Crippen LogP contribution in [0.4, 0.5) is 0 Å². The van der Waals surface area contributed by atoms with E-state index in [-0.39, 0.29) is 6.61 Å². The summed E-state index contributed by atoms with van der Waals surface area (Å²) >= 11 is 13.4. The smallest absolute Gasteiger partial charge is 0.140 e. The van der Waals surface area contributed by atoms with E-state index in [1.54, 1.807) is 18.2 Å². The van der Waals surface area contributed by atoms with Gasteiger partial charge in [-0.2, -0.15) is 0 Å². The highest BCUT2D eigenvalue weighted by Crippen LogP contribution is 2.32. The first-order chi connectivity index (χ1) is 8.70. The highest BCUT2D eigenvalue weighted by atomic mass is 35.5. The molecule has 0 bridgehead atoms. The van der Waals surface area contributed by atoms with Gasteiger partial charge in [0.1, 0.15) is 29.0 Å². The maximum absolute atomic E-state index is 6.00. The highest BCUT2D eigenvalue weighted by molar-refractivity contribution is 7.09. The van der Waals surface area contributed by atoms with Crippen molar-refractivity contribution < 1.29 is 9.57 Å². The average Bonchev–Trinajstić information content (AvgIpc) is 2.79. The van der Waals surface area contributed by atoms with Gasteiger partial charge in [-0.1, -0.05) is 29.3 Å². The predicted octanol–water partition coefficient (Wildman–Crippen LogP) is 3.42. The lowest BCUT2D eigenvalue weighted by Gasteiger charge is -2.06. The summed E-state index contributed by atoms with van der Waals surface area (Å²) in [7, 11) is 0. The second kappa shape index (κ2) is 6.36. The Bertz CT molecular complexity index is 534. The Hall–Kier alpha value is -0.850. The van der Waals surface area contributed by atoms with Crippen molar-refractivity contribution in [2.45, 2.75) is 13.2 Å². The molecule has 2 rings (SSSR count). The molecule has 1 heterocycles. The van der Waals surface area contributed by atoms with Crippen LogP contribution in [0.25, 0.3) is 0 Å². The van der Waals surface area contributed by atoms with Crippen LogP contribution < -0.4 is 10.6 Å². The molecular weight excluding hydrogens is 295 g/mol. The lowest BCUT2D eigenvalue weighted by molar-refractivity contribution is 0.121. The Balaban J connectivity index is 2.00. The predicted molar refractivity (Wildman–Crippen MR) is 71.9 cm³/mol. The average molecular weight is 305 g/mol. The van der Waals surface area contributed by atoms with Crippen LogP contribution in [-0.2, 0) is 18.1 Å². The van der Waals surface area contributed by atoms with Crippen LogP contribution in [0.1, 0.15) is 10.7 Å². The number of rotatable bonds is 5. The molecular formula is C11H10Cl2N2O2S. The number of halogens is 2. The van der Waals surface area contributed by atoms with E-state index in [4.69, 9.17) is 33.8 Å². The lowest BCUT2D eigenvalue weighted by atomic mass is 10.3. The molecule has 0 spiro atoms. The minimum absolute atomic E-state index is 0.286. The molecule has 0 saturated heterocycles. The second-order valence-electron chi connectivity index (χ2n) is 3.38. The summed E-state index contributed by atoms with van der Waals surface area (Å²) in [5, 5.41) is 3.55. The van der Waals surface area contributed by atoms with Crippen molar-refractivity contribution in [3.8, 4) is 5.75 Å². The van der Waals surface area contributed by atoms with Crippen LogP contribution in [0.3, 0.4) is 0 Å². The van der Waals surface area contributed by atoms with E-state index < -0.39 is 0 Å². The molecule has 0 fully saturated rings. The first kappa shape index (κ1) is 13.6. The number of hydrogen-bond donors (Lipinski definition) is 1. The third kappa shape index (κ3) is 3.34. The molecule has 96 valence electrons. The van der Waals surface area contributed by atoms with Gasteiger partial charge in [0.2, 0.25) is 0 Å². The van der Waals surface area contributed by atoms with Crippen LogP contribution >= 0.6 is 34.5 Å². The fraction of sp³-hybridized carbons (Fsp3) is 0.182. The van der Waals surface area contributed by atoms with Crippen LogP contribution in [0.15, 0.2) is 23.6 Å². The molecule has 0 unspecified atom stereocenters. The third-order valence-corrected chi connectivity index (χ3v) is 3.77. The van der Waals surface area contributed by atoms with Crippen LogP contribution in [0.5, 0.6) is 5.75 Å². The van der Waals surface area contributed by atoms with Gasteiger partial charge in [0.25, 0.3) is 0 Å². The zero-order valence-electron chi connectivity index (χ0n) is 9.23. The molecule has 0 aliphatic heterocycles. The lowest BCUT2D eigenvalue weighted by Crippen LogP contribution is -2.00. The Morgan fingerprint density at radius 2 is 2.11 bits per heavy atom. The molecule has 0 aliphatic carbocycles. The Labute approximate surface area is 118 Å². The van der Waals surface area contributed by atoms with E-state index in [9.17, 15) is 0 Å². The molecule has 0 amide bonds. The number of benzene rings is 1. The summed E-state index contributed by atoms with van der Waals surface area (Å²) in [6.45, 7) is 0.615. The van der Waals surface area contributed by atoms with E-state index in [2.05, 4.69) is 9.82 Å². The van der Waals surface area contributed by atoms with Crippen molar-refractivity contribution >= 4 is 34.5 Å². The summed E-state index contributed by atoms with van der Waals surface area (Å²) in [5.41, 5.74) is 0.776. The van der Waals surface area contributed by atoms with Crippen molar-refractivity contribution in [3.63, 3.8) is 0 Å². The van der Waals surface area contributed by atoms with Gasteiger partial charge in [-0.05, 0) is 12.1 Å². The molecule has 0 aliphatic rings. The SMILES string of the molecule is NOCc1csc(COc2cccc(Cl)c2Cl)n1. The van der Waals surface area contributed by atoms with Gasteiger partial charge in [-0.25, -0.2) is 10.9 Å². The Morgan fingerprint density at radius 3 is 2.89 bits per heavy atom. The minimum Gasteiger partial charge on any atom is -0.485 e. The summed E-state index contributed by atoms with van der Waals surface area (Å²) in [6, 6.07) is 5.24. The van der Waals surface area contributed by atoms with E-state index >= 15 is 0 Å². The van der Waals surface area contributed by atoms with Crippen molar-refractivity contribution in [2.75, 3.05) is 0 Å². The topological polar surface area (TPSA) is 57.4 Å². The van der Waals surface area contributed by atoms with Gasteiger partial charge >= 0.3 is 0 Å². The largest absolute Gasteiger partial charge is 0.485 e. The summed E-state index contributed by atoms with van der Waals surface area (Å²) in [4.78, 5) is 8.78. The Kier molecular flexibility index (Phi) is 4.79. The van der Waals surface area contributed by atoms with E-state index in [1.165, 1.54) is 11.3 Å². The molecule has 18 heavy (non-hydrogen) atoms. The molecule has 4 nitrogen and oxygen atoms in total. The van der Waals surface area contributed by atoms with Crippen molar-refractivity contribution in [2.24, 2.45) is 5.90 Å². The molecule has 1 aromatic carbocycles. The normalized spacial score (nSPS) is 10.6. The first-order valence-electron chi connectivity index (χ1n) is 5.02. The standard InChI is InChI=1S/C11H10Cl2N2O2S/c12-8-2-1-3-9(11(8)13)16-5-10-15-7(4-17-14)6-18-10/h1-3,6H,4-5,14H2. The monoisotopic (exact) mass is 304 g/mol. The van der Waals surface area contributed by atoms with Crippen molar-refractivity contribution in [1.82, 2.24) is 4.98 Å². The van der Waals surface area contributed by atoms with Gasteiger partial charge < -0.3 is 4.74 Å². The number of thiazole rings is 1. The van der Waals surface area contributed by atoms with Crippen LogP contribution in [-0.4, -0.2) is 4.98 Å². The molecule has 0 atom stereocenters. The molecule has 0 saturated carbocycles. The summed E-state index contributed by atoms with van der Waals surface area (Å²) in [5.74, 6) is 5.51. The number of nitrogens with zero attached hydrogens (tertiary/aromatic N) is 1. The van der Waals surface area contributed by atoms with Crippen LogP contribution in [0.2, 0.25) is 10.0 Å². The first-order valence-corrected chi connectivity index (χ1v) is 6.66. The fourth-order valence-electron chi connectivity index (χ4n) is 1.30. The van der Waals surface area contributed by atoms with E-state index in [0.717, 1.165) is 10.7 Å². The molecule has 7 heteroatoms. The highest BCUT2D eigenvalue weighted by Gasteiger charge is 2.07. The summed E-state index contributed by atoms with van der Waals surface area (Å²) < 4.78 is 5.55. The number of aromatic nitrogens is 1. The minimum atomic E-state index is 0.286. The Morgan fingerprint density at radius 1 is 1.28 bits per heavy atom. The molecule has 0 radical (unpaired) electrons. The van der Waals surface area contributed by atoms with E-state index in [0.29, 0.717) is 22.4 Å². The van der Waals surface area contributed by atoms with Gasteiger partial charge in [0.05, 0.1) is 10.7 Å². The van der Waals surface area contributed by atoms with Gasteiger partial charge in [-0.3, -0.25) is 4.84 Å². The summed E-state index contributed by atoms with van der Waals surface area (Å²) in [6.07, 6.45) is 0. The quantitative estimate of drug-likeness (QED) is 0.860. The molecule has 2 aromatic rings. The van der Waals surface area contributed by atoms with E-state index in [1.807, 2.05) is 5.38 Å². The van der Waals surface area contributed by atoms with Crippen LogP contribution in [0, 0.1) is 0 Å². The van der Waals surface area contributed by atoms with Crippen molar-refractivity contribution in [3.05, 3.63) is 44.3 Å². The molecule has 1 aromatic heterocycles. The zero-order chi connectivity index (χ0) is 13.0. The maximum atomic E-state index is 6.00. The van der Waals surface area contributed by atoms with Gasteiger partial charge in [-0.15, -0.1) is 11.3 Å². The van der Waals surface area contributed by atoms with Crippen molar-refractivity contribution in [1.29, 1.82) is 0 Å². The number of ether oxygens (including phenoxy) is 1. The van der Waals surface area contributed by atoms with Gasteiger partial charge in [0.15, 0.2) is 0 Å². The van der Waals surface area contributed by atoms with Gasteiger partial charge in [0, 0.05) is 5.38 Å².